The lowest BCUT2D eigenvalue weighted by Gasteiger charge is -2.19. The number of amides is 1. The third-order valence-corrected chi connectivity index (χ3v) is 6.24. The fourth-order valence-corrected chi connectivity index (χ4v) is 4.07. The van der Waals surface area contributed by atoms with Gasteiger partial charge in [-0.05, 0) is 60.2 Å². The van der Waals surface area contributed by atoms with E-state index in [0.717, 1.165) is 18.6 Å². The van der Waals surface area contributed by atoms with Gasteiger partial charge in [0.25, 0.3) is 5.91 Å². The molecule has 2 aromatic carbocycles. The van der Waals surface area contributed by atoms with Gasteiger partial charge in [0.1, 0.15) is 12.4 Å². The van der Waals surface area contributed by atoms with Gasteiger partial charge in [-0.15, -0.1) is 0 Å². The molecule has 0 atom stereocenters. The predicted molar refractivity (Wildman–Crippen MR) is 113 cm³/mol. The molecule has 1 fully saturated rings. The summed E-state index contributed by atoms with van der Waals surface area (Å²) in [4.78, 5) is 12.4. The summed E-state index contributed by atoms with van der Waals surface area (Å²) in [6.45, 7) is 7.17. The standard InChI is InChI=1S/C22H28N2O4S/c1-22(2,3)17-6-10-19(11-7-17)28-15-14-23-21(25)16-4-12-20(13-5-16)29(26,27)24-18-8-9-18/h4-7,10-13,18,24H,8-9,14-15H2,1-3H3,(H,23,25). The Morgan fingerprint density at radius 2 is 1.66 bits per heavy atom. The summed E-state index contributed by atoms with van der Waals surface area (Å²) >= 11 is 0. The van der Waals surface area contributed by atoms with E-state index in [4.69, 9.17) is 4.74 Å². The van der Waals surface area contributed by atoms with E-state index in [1.165, 1.54) is 29.8 Å². The predicted octanol–water partition coefficient (Wildman–Crippen LogP) is 3.23. The zero-order valence-corrected chi connectivity index (χ0v) is 17.9. The maximum Gasteiger partial charge on any atom is 0.251 e. The van der Waals surface area contributed by atoms with Crippen molar-refractivity contribution in [3.05, 3.63) is 59.7 Å². The molecule has 7 heteroatoms. The van der Waals surface area contributed by atoms with E-state index < -0.39 is 10.0 Å². The molecule has 0 unspecified atom stereocenters. The number of hydrogen-bond donors (Lipinski definition) is 2. The highest BCUT2D eigenvalue weighted by atomic mass is 32.2. The van der Waals surface area contributed by atoms with Crippen LogP contribution in [-0.2, 0) is 15.4 Å². The highest BCUT2D eigenvalue weighted by Crippen LogP contribution is 2.24. The third-order valence-electron chi connectivity index (χ3n) is 4.70. The third kappa shape index (κ3) is 6.05. The average molecular weight is 417 g/mol. The highest BCUT2D eigenvalue weighted by Gasteiger charge is 2.27. The maximum atomic E-state index is 12.2. The lowest BCUT2D eigenvalue weighted by molar-refractivity contribution is 0.0947. The minimum atomic E-state index is -3.51. The molecule has 0 radical (unpaired) electrons. The molecule has 2 N–H and O–H groups in total. The van der Waals surface area contributed by atoms with E-state index in [1.807, 2.05) is 24.3 Å². The summed E-state index contributed by atoms with van der Waals surface area (Å²) in [7, 11) is -3.51. The molecule has 1 amide bonds. The molecule has 1 aliphatic carbocycles. The molecule has 1 saturated carbocycles. The number of carbonyl (C=O) groups excluding carboxylic acids is 1. The summed E-state index contributed by atoms with van der Waals surface area (Å²) < 4.78 is 32.6. The first-order chi connectivity index (χ1) is 13.6. The molecule has 29 heavy (non-hydrogen) atoms. The second kappa shape index (κ2) is 8.55. The Bertz CT molecular complexity index is 942. The Hall–Kier alpha value is -2.38. The van der Waals surface area contributed by atoms with Gasteiger partial charge in [0.2, 0.25) is 10.0 Å². The largest absolute Gasteiger partial charge is 0.492 e. The van der Waals surface area contributed by atoms with Crippen LogP contribution in [0.25, 0.3) is 0 Å². The van der Waals surface area contributed by atoms with Crippen LogP contribution in [0.4, 0.5) is 0 Å². The number of ether oxygens (including phenoxy) is 1. The first kappa shape index (κ1) is 21.3. The van der Waals surface area contributed by atoms with Crippen molar-refractivity contribution in [1.82, 2.24) is 10.0 Å². The smallest absolute Gasteiger partial charge is 0.251 e. The van der Waals surface area contributed by atoms with E-state index in [9.17, 15) is 13.2 Å². The van der Waals surface area contributed by atoms with Crippen molar-refractivity contribution in [2.24, 2.45) is 0 Å². The lowest BCUT2D eigenvalue weighted by Crippen LogP contribution is -2.28. The van der Waals surface area contributed by atoms with Crippen LogP contribution in [0.2, 0.25) is 0 Å². The lowest BCUT2D eigenvalue weighted by atomic mass is 9.87. The normalized spacial score (nSPS) is 14.4. The van der Waals surface area contributed by atoms with Gasteiger partial charge in [-0.3, -0.25) is 4.79 Å². The van der Waals surface area contributed by atoms with Crippen LogP contribution < -0.4 is 14.8 Å². The Morgan fingerprint density at radius 3 is 2.21 bits per heavy atom. The summed E-state index contributed by atoms with van der Waals surface area (Å²) in [5.74, 6) is 0.487. The SMILES string of the molecule is CC(C)(C)c1ccc(OCCNC(=O)c2ccc(S(=O)(=O)NC3CC3)cc2)cc1. The van der Waals surface area contributed by atoms with E-state index in [2.05, 4.69) is 30.8 Å². The molecule has 6 nitrogen and oxygen atoms in total. The van der Waals surface area contributed by atoms with Crippen molar-refractivity contribution in [1.29, 1.82) is 0 Å². The molecule has 156 valence electrons. The molecule has 0 spiro atoms. The Morgan fingerprint density at radius 1 is 1.03 bits per heavy atom. The van der Waals surface area contributed by atoms with Gasteiger partial charge in [0.05, 0.1) is 11.4 Å². The van der Waals surface area contributed by atoms with Crippen LogP contribution >= 0.6 is 0 Å². The van der Waals surface area contributed by atoms with Crippen molar-refractivity contribution in [3.63, 3.8) is 0 Å². The van der Waals surface area contributed by atoms with Gasteiger partial charge in [-0.2, -0.15) is 0 Å². The molecule has 0 heterocycles. The van der Waals surface area contributed by atoms with Gasteiger partial charge >= 0.3 is 0 Å². The topological polar surface area (TPSA) is 84.5 Å². The number of benzene rings is 2. The van der Waals surface area contributed by atoms with Gasteiger partial charge in [0, 0.05) is 11.6 Å². The molecule has 2 aromatic rings. The van der Waals surface area contributed by atoms with E-state index in [-0.39, 0.29) is 22.3 Å². The van der Waals surface area contributed by atoms with Gasteiger partial charge in [-0.1, -0.05) is 32.9 Å². The van der Waals surface area contributed by atoms with Gasteiger partial charge in [0.15, 0.2) is 0 Å². The molecule has 3 rings (SSSR count). The quantitative estimate of drug-likeness (QED) is 0.647. The molecule has 0 saturated heterocycles. The molecule has 1 aliphatic rings. The fourth-order valence-electron chi connectivity index (χ4n) is 2.76. The molecular weight excluding hydrogens is 388 g/mol. The van der Waals surface area contributed by atoms with Crippen molar-refractivity contribution in [2.45, 2.75) is 50.0 Å². The second-order valence-corrected chi connectivity index (χ2v) is 10.0. The first-order valence-corrected chi connectivity index (χ1v) is 11.3. The van der Waals surface area contributed by atoms with Gasteiger partial charge < -0.3 is 10.1 Å². The number of nitrogens with one attached hydrogen (secondary N) is 2. The Balaban J connectivity index is 1.45. The van der Waals surface area contributed by atoms with Crippen LogP contribution in [-0.4, -0.2) is 33.5 Å². The summed E-state index contributed by atoms with van der Waals surface area (Å²) in [5, 5.41) is 2.78. The van der Waals surface area contributed by atoms with Crippen LogP contribution in [0.3, 0.4) is 0 Å². The maximum absolute atomic E-state index is 12.2. The summed E-state index contributed by atoms with van der Waals surface area (Å²) in [6.07, 6.45) is 1.76. The molecule has 0 aliphatic heterocycles. The van der Waals surface area contributed by atoms with E-state index in [1.54, 1.807) is 0 Å². The van der Waals surface area contributed by atoms with Crippen molar-refractivity contribution >= 4 is 15.9 Å². The van der Waals surface area contributed by atoms with Crippen LogP contribution in [0.15, 0.2) is 53.4 Å². The number of carbonyl (C=O) groups is 1. The Labute approximate surface area is 172 Å². The Kier molecular flexibility index (Phi) is 6.29. The molecule has 0 bridgehead atoms. The van der Waals surface area contributed by atoms with E-state index >= 15 is 0 Å². The number of hydrogen-bond acceptors (Lipinski definition) is 4. The fraction of sp³-hybridized carbons (Fsp3) is 0.409. The zero-order chi connectivity index (χ0) is 21.1. The van der Waals surface area contributed by atoms with E-state index in [0.29, 0.717) is 18.7 Å². The van der Waals surface area contributed by atoms with Crippen LogP contribution in [0.1, 0.15) is 49.5 Å². The second-order valence-electron chi connectivity index (χ2n) is 8.30. The zero-order valence-electron chi connectivity index (χ0n) is 17.1. The average Bonchev–Trinajstić information content (AvgIpc) is 3.48. The van der Waals surface area contributed by atoms with Crippen molar-refractivity contribution in [2.75, 3.05) is 13.2 Å². The minimum Gasteiger partial charge on any atom is -0.492 e. The molecule has 0 aromatic heterocycles. The van der Waals surface area contributed by atoms with Crippen molar-refractivity contribution < 1.29 is 17.9 Å². The highest BCUT2D eigenvalue weighted by molar-refractivity contribution is 7.89. The first-order valence-electron chi connectivity index (χ1n) is 9.79. The summed E-state index contributed by atoms with van der Waals surface area (Å²) in [5.41, 5.74) is 1.73. The van der Waals surface area contributed by atoms with Crippen LogP contribution in [0, 0.1) is 0 Å². The van der Waals surface area contributed by atoms with Gasteiger partial charge in [-0.25, -0.2) is 13.1 Å². The summed E-state index contributed by atoms with van der Waals surface area (Å²) in [6, 6.07) is 13.9. The monoisotopic (exact) mass is 416 g/mol. The van der Waals surface area contributed by atoms with Crippen molar-refractivity contribution in [3.8, 4) is 5.75 Å². The number of rotatable bonds is 8. The number of sulfonamides is 1. The molecular formula is C22H28N2O4S. The van der Waals surface area contributed by atoms with Crippen LogP contribution in [0.5, 0.6) is 5.75 Å². The minimum absolute atomic E-state index is 0.0487.